The highest BCUT2D eigenvalue weighted by molar-refractivity contribution is 5.76. The van der Waals surface area contributed by atoms with Gasteiger partial charge in [-0.05, 0) is 64.2 Å². The summed E-state index contributed by atoms with van der Waals surface area (Å²) >= 11 is 0. The van der Waals surface area contributed by atoms with Crippen molar-refractivity contribution in [3.63, 3.8) is 0 Å². The van der Waals surface area contributed by atoms with E-state index in [0.717, 1.165) is 25.7 Å². The molecule has 0 fully saturated rings. The lowest BCUT2D eigenvalue weighted by Crippen LogP contribution is -2.56. The van der Waals surface area contributed by atoms with E-state index < -0.39 is 20.4 Å². The molecule has 0 aliphatic carbocycles. The zero-order valence-electron chi connectivity index (χ0n) is 22.3. The number of nitrogens with zero attached hydrogens (tertiary/aromatic N) is 2. The number of carbonyl (C=O) groups is 2. The molecule has 0 aromatic heterocycles. The van der Waals surface area contributed by atoms with Gasteiger partial charge in [0.05, 0.1) is 25.4 Å². The Hall–Kier alpha value is -1.18. The first-order chi connectivity index (χ1) is 13.9. The molecule has 2 atom stereocenters. The SMILES string of the molecule is CCC(C)(CCC(C)C)C(=O)O[N+](C)(C)O[N+](C)(C)OC(=O)C(C)(CC)CCC(C)C. The number of hydroxylamine groups is 8. The van der Waals surface area contributed by atoms with E-state index in [1.54, 1.807) is 28.2 Å². The summed E-state index contributed by atoms with van der Waals surface area (Å²) in [6.45, 7) is 16.4. The van der Waals surface area contributed by atoms with E-state index in [1.807, 2.05) is 27.7 Å². The van der Waals surface area contributed by atoms with Crippen molar-refractivity contribution in [3.8, 4) is 0 Å². The monoisotopic (exact) mass is 446 g/mol. The van der Waals surface area contributed by atoms with Crippen molar-refractivity contribution >= 4 is 11.9 Å². The normalized spacial score (nSPS) is 16.7. The maximum Gasteiger partial charge on any atom is 0.377 e. The van der Waals surface area contributed by atoms with Crippen LogP contribution in [0.15, 0.2) is 0 Å². The fourth-order valence-electron chi connectivity index (χ4n) is 3.19. The minimum Gasteiger partial charge on any atom is -0.245 e. The fourth-order valence-corrected chi connectivity index (χ4v) is 3.19. The van der Waals surface area contributed by atoms with Crippen LogP contribution in [-0.4, -0.2) is 49.7 Å². The summed E-state index contributed by atoms with van der Waals surface area (Å²) in [5, 5.41) is 0. The van der Waals surface area contributed by atoms with Gasteiger partial charge in [-0.1, -0.05) is 41.5 Å². The Kier molecular flexibility index (Phi) is 11.2. The van der Waals surface area contributed by atoms with Gasteiger partial charge >= 0.3 is 11.9 Å². The topological polar surface area (TPSA) is 61.8 Å². The summed E-state index contributed by atoms with van der Waals surface area (Å²) in [5.41, 5.74) is -1.18. The van der Waals surface area contributed by atoms with Crippen molar-refractivity contribution in [2.75, 3.05) is 28.2 Å². The summed E-state index contributed by atoms with van der Waals surface area (Å²) in [4.78, 5) is 42.2. The molecule has 0 radical (unpaired) electrons. The van der Waals surface area contributed by atoms with Gasteiger partial charge in [0.2, 0.25) is 0 Å². The Morgan fingerprint density at radius 2 is 1.00 bits per heavy atom. The van der Waals surface area contributed by atoms with Crippen molar-refractivity contribution in [2.45, 2.75) is 93.9 Å². The number of hydrogen-bond acceptors (Lipinski definition) is 5. The third-order valence-corrected chi connectivity index (χ3v) is 6.09. The van der Waals surface area contributed by atoms with E-state index in [1.165, 1.54) is 0 Å². The second-order valence-electron chi connectivity index (χ2n) is 11.0. The first kappa shape index (κ1) is 29.8. The Morgan fingerprint density at radius 1 is 0.710 bits per heavy atom. The molecule has 0 aliphatic heterocycles. The van der Waals surface area contributed by atoms with Gasteiger partial charge in [0, 0.05) is 0 Å². The molecular weight excluding hydrogens is 396 g/mol. The van der Waals surface area contributed by atoms with Crippen LogP contribution in [0.5, 0.6) is 0 Å². The molecule has 0 rings (SSSR count). The molecule has 0 aromatic carbocycles. The molecule has 0 bridgehead atoms. The molecule has 0 amide bonds. The van der Waals surface area contributed by atoms with Crippen molar-refractivity contribution < 1.29 is 33.8 Å². The van der Waals surface area contributed by atoms with Gasteiger partial charge in [0.25, 0.3) is 0 Å². The second kappa shape index (κ2) is 11.6. The second-order valence-corrected chi connectivity index (χ2v) is 11.0. The van der Waals surface area contributed by atoms with E-state index in [2.05, 4.69) is 27.7 Å². The van der Waals surface area contributed by atoms with Crippen LogP contribution >= 0.6 is 0 Å². The lowest BCUT2D eigenvalue weighted by atomic mass is 9.81. The molecule has 31 heavy (non-hydrogen) atoms. The minimum absolute atomic E-state index is 0.317. The van der Waals surface area contributed by atoms with Gasteiger partial charge in [0.15, 0.2) is 0 Å². The zero-order chi connectivity index (χ0) is 24.7. The Balaban J connectivity index is 5.20. The summed E-state index contributed by atoms with van der Waals surface area (Å²) in [5.74, 6) is 0.386. The zero-order valence-corrected chi connectivity index (χ0v) is 22.3. The molecule has 0 aromatic rings. The average Bonchev–Trinajstić information content (AvgIpc) is 2.61. The van der Waals surface area contributed by atoms with Crippen LogP contribution in [0.1, 0.15) is 93.9 Å². The molecule has 0 aliphatic rings. The fraction of sp³-hybridized carbons (Fsp3) is 0.917. The largest absolute Gasteiger partial charge is 0.377 e. The first-order valence-corrected chi connectivity index (χ1v) is 11.8. The van der Waals surface area contributed by atoms with E-state index in [4.69, 9.17) is 14.6 Å². The summed E-state index contributed by atoms with van der Waals surface area (Å²) in [7, 11) is 6.45. The van der Waals surface area contributed by atoms with Crippen molar-refractivity contribution in [3.05, 3.63) is 0 Å². The molecule has 0 saturated heterocycles. The molecule has 0 heterocycles. The van der Waals surface area contributed by atoms with Crippen LogP contribution < -0.4 is 0 Å². The molecule has 184 valence electrons. The van der Waals surface area contributed by atoms with Gasteiger partial charge in [-0.15, -0.1) is 0 Å². The molecule has 7 heteroatoms. The maximum absolute atomic E-state index is 13.0. The lowest BCUT2D eigenvalue weighted by Gasteiger charge is -2.34. The highest BCUT2D eigenvalue weighted by Crippen LogP contribution is 2.34. The molecule has 0 saturated carbocycles. The molecular formula is C24H50N2O5+2. The smallest absolute Gasteiger partial charge is 0.245 e. The Labute approximate surface area is 191 Å². The average molecular weight is 447 g/mol. The van der Waals surface area contributed by atoms with Gasteiger partial charge < -0.3 is 0 Å². The van der Waals surface area contributed by atoms with Crippen LogP contribution in [0.2, 0.25) is 0 Å². The number of carbonyl (C=O) groups excluding carboxylic acids is 2. The highest BCUT2D eigenvalue weighted by Gasteiger charge is 2.46. The van der Waals surface area contributed by atoms with Crippen LogP contribution in [0.3, 0.4) is 0 Å². The van der Waals surface area contributed by atoms with Gasteiger partial charge in [0.1, 0.15) is 28.2 Å². The molecule has 7 nitrogen and oxygen atoms in total. The van der Waals surface area contributed by atoms with Crippen LogP contribution in [-0.2, 0) is 24.2 Å². The van der Waals surface area contributed by atoms with Crippen LogP contribution in [0, 0.1) is 22.7 Å². The van der Waals surface area contributed by atoms with Crippen LogP contribution in [0.25, 0.3) is 0 Å². The van der Waals surface area contributed by atoms with Gasteiger partial charge in [-0.25, -0.2) is 19.3 Å². The quantitative estimate of drug-likeness (QED) is 0.256. The van der Waals surface area contributed by atoms with Crippen molar-refractivity contribution in [1.82, 2.24) is 0 Å². The predicted octanol–water partition coefficient (Wildman–Crippen LogP) is 5.61. The summed E-state index contributed by atoms with van der Waals surface area (Å²) in [6, 6.07) is 0. The van der Waals surface area contributed by atoms with Gasteiger partial charge in [-0.2, -0.15) is 0 Å². The Bertz CT molecular complexity index is 539. The third-order valence-electron chi connectivity index (χ3n) is 6.09. The Morgan fingerprint density at radius 3 is 1.23 bits per heavy atom. The third kappa shape index (κ3) is 10.3. The molecule has 0 N–H and O–H groups in total. The molecule has 2 unspecified atom stereocenters. The minimum atomic E-state index is -0.589. The lowest BCUT2D eigenvalue weighted by molar-refractivity contribution is -1.43. The van der Waals surface area contributed by atoms with Crippen molar-refractivity contribution in [2.24, 2.45) is 22.7 Å². The molecule has 0 spiro atoms. The summed E-state index contributed by atoms with van der Waals surface area (Å²) < 4.78 is 0. The number of hydrogen-bond donors (Lipinski definition) is 0. The van der Waals surface area contributed by atoms with E-state index in [0.29, 0.717) is 24.7 Å². The van der Waals surface area contributed by atoms with Crippen LogP contribution in [0.4, 0.5) is 0 Å². The number of rotatable bonds is 14. The predicted molar refractivity (Wildman–Crippen MR) is 122 cm³/mol. The summed E-state index contributed by atoms with van der Waals surface area (Å²) in [6.07, 6.45) is 4.74. The van der Waals surface area contributed by atoms with E-state index in [-0.39, 0.29) is 11.9 Å². The van der Waals surface area contributed by atoms with E-state index in [9.17, 15) is 9.59 Å². The van der Waals surface area contributed by atoms with Gasteiger partial charge in [-0.3, -0.25) is 0 Å². The number of quaternary nitrogens is 2. The van der Waals surface area contributed by atoms with E-state index >= 15 is 0 Å². The maximum atomic E-state index is 13.0. The van der Waals surface area contributed by atoms with Crippen molar-refractivity contribution in [1.29, 1.82) is 0 Å². The highest BCUT2D eigenvalue weighted by atomic mass is 17.2. The standard InChI is InChI=1S/C24H50N2O5/c1-13-23(7,17-15-19(3)4)21(27)29-25(9,10)31-26(11,12)30-22(28)24(8,14-2)18-16-20(5)6/h19-20H,13-18H2,1-12H3/q+2. The first-order valence-electron chi connectivity index (χ1n) is 11.8.